The first-order valence-electron chi connectivity index (χ1n) is 5.41. The largest absolute Gasteiger partial charge is 0.399 e. The molecular formula is C10H14F3N3O2S. The maximum atomic E-state index is 12.8. The van der Waals surface area contributed by atoms with Gasteiger partial charge in [-0.3, -0.25) is 19.8 Å². The first kappa shape index (κ1) is 15.8. The van der Waals surface area contributed by atoms with Crippen molar-refractivity contribution in [1.29, 1.82) is 0 Å². The molecule has 3 N–H and O–H groups in total. The van der Waals surface area contributed by atoms with Gasteiger partial charge in [0.2, 0.25) is 11.8 Å². The van der Waals surface area contributed by atoms with Crippen LogP contribution in [0.1, 0.15) is 13.8 Å². The Balaban J connectivity index is 2.97. The van der Waals surface area contributed by atoms with Gasteiger partial charge in [0, 0.05) is 6.54 Å². The van der Waals surface area contributed by atoms with E-state index in [4.69, 9.17) is 5.73 Å². The van der Waals surface area contributed by atoms with Crippen molar-refractivity contribution in [2.75, 3.05) is 13.1 Å². The standard InChI is InChI=1S/C10H14F3N3O2S/c1-9(2)8(18)15-6(17)4-16(9)3-5(7(14)19)10(11,12)13/h5H,3-4H2,1-2H3,(H2,14,19)(H,15,17,18). The molecule has 1 heterocycles. The van der Waals surface area contributed by atoms with Crippen LogP contribution in [0.2, 0.25) is 0 Å². The lowest BCUT2D eigenvalue weighted by molar-refractivity contribution is -0.168. The highest BCUT2D eigenvalue weighted by molar-refractivity contribution is 7.80. The van der Waals surface area contributed by atoms with Crippen LogP contribution in [0.15, 0.2) is 0 Å². The number of hydrogen-bond acceptors (Lipinski definition) is 4. The minimum absolute atomic E-state index is 0.312. The monoisotopic (exact) mass is 297 g/mol. The van der Waals surface area contributed by atoms with E-state index in [2.05, 4.69) is 17.5 Å². The third kappa shape index (κ3) is 3.41. The number of piperazine rings is 1. The van der Waals surface area contributed by atoms with Crippen LogP contribution in [-0.2, 0) is 9.59 Å². The highest BCUT2D eigenvalue weighted by Gasteiger charge is 2.48. The van der Waals surface area contributed by atoms with Crippen LogP contribution in [0, 0.1) is 5.92 Å². The molecule has 1 aliphatic heterocycles. The smallest absolute Gasteiger partial charge is 0.393 e. The number of carbonyl (C=O) groups is 2. The van der Waals surface area contributed by atoms with E-state index in [1.165, 1.54) is 13.8 Å². The van der Waals surface area contributed by atoms with Gasteiger partial charge in [-0.1, -0.05) is 12.2 Å². The van der Waals surface area contributed by atoms with Crippen LogP contribution in [-0.4, -0.2) is 46.5 Å². The normalized spacial score (nSPS) is 21.9. The maximum Gasteiger partial charge on any atom is 0.399 e. The number of carbonyl (C=O) groups excluding carboxylic acids is 2. The Morgan fingerprint density at radius 3 is 2.47 bits per heavy atom. The number of amides is 2. The Morgan fingerprint density at radius 1 is 1.53 bits per heavy atom. The number of nitrogens with one attached hydrogen (secondary N) is 1. The zero-order chi connectivity index (χ0) is 15.0. The molecule has 1 unspecified atom stereocenters. The van der Waals surface area contributed by atoms with Crippen LogP contribution >= 0.6 is 12.2 Å². The van der Waals surface area contributed by atoms with Gasteiger partial charge in [-0.2, -0.15) is 13.2 Å². The second kappa shape index (κ2) is 5.04. The van der Waals surface area contributed by atoms with Gasteiger partial charge in [-0.05, 0) is 13.8 Å². The van der Waals surface area contributed by atoms with Crippen LogP contribution in [0.4, 0.5) is 13.2 Å². The SMILES string of the molecule is CC1(C)C(=O)NC(=O)CN1CC(C(N)=S)C(F)(F)F. The summed E-state index contributed by atoms with van der Waals surface area (Å²) in [7, 11) is 0. The molecule has 0 radical (unpaired) electrons. The molecule has 1 fully saturated rings. The average Bonchev–Trinajstić information content (AvgIpc) is 2.19. The molecular weight excluding hydrogens is 283 g/mol. The molecule has 1 rings (SSSR count). The molecule has 0 spiro atoms. The fourth-order valence-corrected chi connectivity index (χ4v) is 1.91. The Hall–Kier alpha value is -1.22. The lowest BCUT2D eigenvalue weighted by atomic mass is 9.96. The van der Waals surface area contributed by atoms with E-state index < -0.39 is 41.0 Å². The number of nitrogens with zero attached hydrogens (tertiary/aromatic N) is 1. The van der Waals surface area contributed by atoms with Gasteiger partial charge in [-0.25, -0.2) is 0 Å². The number of nitrogens with two attached hydrogens (primary N) is 1. The van der Waals surface area contributed by atoms with Gasteiger partial charge < -0.3 is 5.73 Å². The molecule has 0 aromatic rings. The van der Waals surface area contributed by atoms with Crippen molar-refractivity contribution in [3.05, 3.63) is 0 Å². The van der Waals surface area contributed by atoms with Crippen molar-refractivity contribution < 1.29 is 22.8 Å². The second-order valence-corrected chi connectivity index (χ2v) is 5.28. The van der Waals surface area contributed by atoms with E-state index in [9.17, 15) is 22.8 Å². The zero-order valence-electron chi connectivity index (χ0n) is 10.4. The topological polar surface area (TPSA) is 75.4 Å². The minimum Gasteiger partial charge on any atom is -0.393 e. The molecule has 0 aliphatic carbocycles. The molecule has 9 heteroatoms. The quantitative estimate of drug-likeness (QED) is 0.574. The molecule has 0 aromatic heterocycles. The van der Waals surface area contributed by atoms with Crippen molar-refractivity contribution in [3.63, 3.8) is 0 Å². The average molecular weight is 297 g/mol. The summed E-state index contributed by atoms with van der Waals surface area (Å²) >= 11 is 4.41. The number of thiocarbonyl (C=S) groups is 1. The third-order valence-corrected chi connectivity index (χ3v) is 3.36. The van der Waals surface area contributed by atoms with E-state index in [1.807, 2.05) is 0 Å². The molecule has 1 atom stereocenters. The summed E-state index contributed by atoms with van der Waals surface area (Å²) in [4.78, 5) is 23.3. The number of halogens is 3. The van der Waals surface area contributed by atoms with E-state index >= 15 is 0 Å². The Kier molecular flexibility index (Phi) is 4.20. The summed E-state index contributed by atoms with van der Waals surface area (Å²) in [5, 5.41) is 2.08. The highest BCUT2D eigenvalue weighted by Crippen LogP contribution is 2.30. The molecule has 1 saturated heterocycles. The summed E-state index contributed by atoms with van der Waals surface area (Å²) in [6, 6.07) is 0. The molecule has 1 aliphatic rings. The molecule has 5 nitrogen and oxygen atoms in total. The van der Waals surface area contributed by atoms with Gasteiger partial charge in [0.25, 0.3) is 0 Å². The van der Waals surface area contributed by atoms with Crippen molar-refractivity contribution >= 4 is 29.0 Å². The van der Waals surface area contributed by atoms with Crippen LogP contribution < -0.4 is 11.1 Å². The molecule has 19 heavy (non-hydrogen) atoms. The van der Waals surface area contributed by atoms with Gasteiger partial charge in [-0.15, -0.1) is 0 Å². The molecule has 108 valence electrons. The number of alkyl halides is 3. The van der Waals surface area contributed by atoms with Crippen molar-refractivity contribution in [2.24, 2.45) is 11.7 Å². The fraction of sp³-hybridized carbons (Fsp3) is 0.700. The summed E-state index contributed by atoms with van der Waals surface area (Å²) in [5.74, 6) is -3.35. The van der Waals surface area contributed by atoms with Crippen molar-refractivity contribution in [2.45, 2.75) is 25.6 Å². The van der Waals surface area contributed by atoms with Crippen molar-refractivity contribution in [3.8, 4) is 0 Å². The number of hydrogen-bond donors (Lipinski definition) is 2. The predicted octanol–water partition coefficient (Wildman–Crippen LogP) is 0.188. The second-order valence-electron chi connectivity index (χ2n) is 4.81. The first-order chi connectivity index (χ1) is 8.46. The Labute approximate surface area is 113 Å². The molecule has 0 bridgehead atoms. The van der Waals surface area contributed by atoms with Crippen LogP contribution in [0.3, 0.4) is 0 Å². The Bertz CT molecular complexity index is 423. The first-order valence-corrected chi connectivity index (χ1v) is 5.82. The van der Waals surface area contributed by atoms with Gasteiger partial charge in [0.05, 0.1) is 17.1 Å². The number of rotatable bonds is 3. The highest BCUT2D eigenvalue weighted by atomic mass is 32.1. The number of imide groups is 1. The summed E-state index contributed by atoms with van der Waals surface area (Å²) < 4.78 is 38.4. The van der Waals surface area contributed by atoms with E-state index in [0.717, 1.165) is 4.90 Å². The molecule has 2 amide bonds. The predicted molar refractivity (Wildman–Crippen MR) is 65.1 cm³/mol. The van der Waals surface area contributed by atoms with Gasteiger partial charge in [0.1, 0.15) is 5.92 Å². The lowest BCUT2D eigenvalue weighted by Gasteiger charge is -2.41. The Morgan fingerprint density at radius 2 is 2.05 bits per heavy atom. The lowest BCUT2D eigenvalue weighted by Crippen LogP contribution is -2.65. The van der Waals surface area contributed by atoms with Gasteiger partial charge in [0.15, 0.2) is 0 Å². The maximum absolute atomic E-state index is 12.8. The summed E-state index contributed by atoms with van der Waals surface area (Å²) in [6.07, 6.45) is -4.61. The van der Waals surface area contributed by atoms with Crippen LogP contribution in [0.5, 0.6) is 0 Å². The van der Waals surface area contributed by atoms with Gasteiger partial charge >= 0.3 is 6.18 Å². The van der Waals surface area contributed by atoms with E-state index in [0.29, 0.717) is 0 Å². The van der Waals surface area contributed by atoms with Crippen molar-refractivity contribution in [1.82, 2.24) is 10.2 Å². The molecule has 0 saturated carbocycles. The van der Waals surface area contributed by atoms with E-state index in [-0.39, 0.29) is 6.54 Å². The fourth-order valence-electron chi connectivity index (χ4n) is 1.70. The van der Waals surface area contributed by atoms with Crippen LogP contribution in [0.25, 0.3) is 0 Å². The third-order valence-electron chi connectivity index (χ3n) is 3.08. The zero-order valence-corrected chi connectivity index (χ0v) is 11.2. The molecule has 0 aromatic carbocycles. The van der Waals surface area contributed by atoms with E-state index in [1.54, 1.807) is 0 Å². The summed E-state index contributed by atoms with van der Waals surface area (Å²) in [6.45, 7) is 1.93. The minimum atomic E-state index is -4.61. The summed E-state index contributed by atoms with van der Waals surface area (Å²) in [5.41, 5.74) is 3.86.